The van der Waals surface area contributed by atoms with Crippen molar-refractivity contribution >= 4 is 5.69 Å². The van der Waals surface area contributed by atoms with Crippen LogP contribution in [-0.4, -0.2) is 20.1 Å². The molecule has 0 heterocycles. The number of nitrogens with one attached hydrogen (secondary N) is 2. The van der Waals surface area contributed by atoms with Crippen LogP contribution in [0.25, 0.3) is 0 Å². The van der Waals surface area contributed by atoms with E-state index < -0.39 is 0 Å². The molecule has 0 atom stereocenters. The van der Waals surface area contributed by atoms with Crippen molar-refractivity contribution in [3.8, 4) is 0 Å². The predicted octanol–water partition coefficient (Wildman–Crippen LogP) is 3.22. The van der Waals surface area contributed by atoms with Gasteiger partial charge in [-0.25, -0.2) is 0 Å². The molecule has 0 amide bonds. The summed E-state index contributed by atoms with van der Waals surface area (Å²) in [6.07, 6.45) is 2.70. The molecule has 1 fully saturated rings. The fourth-order valence-corrected chi connectivity index (χ4v) is 2.41. The summed E-state index contributed by atoms with van der Waals surface area (Å²) >= 11 is 0. The zero-order valence-corrected chi connectivity index (χ0v) is 11.2. The Hall–Kier alpha value is -1.02. The molecule has 1 aliphatic carbocycles. The summed E-state index contributed by atoms with van der Waals surface area (Å²) in [5.41, 5.74) is 3.25. The number of para-hydroxylation sites is 1. The van der Waals surface area contributed by atoms with E-state index in [9.17, 15) is 0 Å². The van der Waals surface area contributed by atoms with Gasteiger partial charge in [0.1, 0.15) is 0 Å². The molecule has 2 N–H and O–H groups in total. The molecule has 0 spiro atoms. The Labute approximate surface area is 105 Å². The van der Waals surface area contributed by atoms with Crippen molar-refractivity contribution in [3.05, 3.63) is 29.8 Å². The first-order chi connectivity index (χ1) is 8.17. The minimum Gasteiger partial charge on any atom is -0.384 e. The Morgan fingerprint density at radius 1 is 1.18 bits per heavy atom. The van der Waals surface area contributed by atoms with Crippen molar-refractivity contribution in [1.29, 1.82) is 0 Å². The van der Waals surface area contributed by atoms with E-state index in [0.29, 0.717) is 11.3 Å². The number of benzene rings is 1. The standard InChI is InChI=1S/C15H24N2/c1-12(2)13-6-4-5-7-14(13)17-11-15(8-9-15)10-16-3/h4-7,12,16-17H,8-11H2,1-3H3. The van der Waals surface area contributed by atoms with Crippen LogP contribution < -0.4 is 10.6 Å². The monoisotopic (exact) mass is 232 g/mol. The molecule has 0 aliphatic heterocycles. The van der Waals surface area contributed by atoms with Gasteiger partial charge in [-0.05, 0) is 37.4 Å². The van der Waals surface area contributed by atoms with Gasteiger partial charge in [0, 0.05) is 24.2 Å². The Morgan fingerprint density at radius 2 is 1.88 bits per heavy atom. The van der Waals surface area contributed by atoms with Crippen molar-refractivity contribution in [1.82, 2.24) is 5.32 Å². The van der Waals surface area contributed by atoms with E-state index in [4.69, 9.17) is 0 Å². The highest BCUT2D eigenvalue weighted by Crippen LogP contribution is 2.45. The van der Waals surface area contributed by atoms with E-state index in [1.54, 1.807) is 0 Å². The van der Waals surface area contributed by atoms with Crippen LogP contribution >= 0.6 is 0 Å². The molecule has 0 bridgehead atoms. The summed E-state index contributed by atoms with van der Waals surface area (Å²) in [5, 5.41) is 6.95. The Bertz CT molecular complexity index is 367. The first-order valence-electron chi connectivity index (χ1n) is 6.64. The number of anilines is 1. The van der Waals surface area contributed by atoms with E-state index in [2.05, 4.69) is 48.7 Å². The van der Waals surface area contributed by atoms with E-state index >= 15 is 0 Å². The van der Waals surface area contributed by atoms with Crippen LogP contribution in [0, 0.1) is 5.41 Å². The first-order valence-corrected chi connectivity index (χ1v) is 6.64. The van der Waals surface area contributed by atoms with Crippen LogP contribution in [-0.2, 0) is 0 Å². The number of hydrogen-bond acceptors (Lipinski definition) is 2. The van der Waals surface area contributed by atoms with Gasteiger partial charge in [0.2, 0.25) is 0 Å². The topological polar surface area (TPSA) is 24.1 Å². The minimum absolute atomic E-state index is 0.513. The molecule has 0 aromatic heterocycles. The third-order valence-electron chi connectivity index (χ3n) is 3.75. The minimum atomic E-state index is 0.513. The highest BCUT2D eigenvalue weighted by molar-refractivity contribution is 5.52. The Kier molecular flexibility index (Phi) is 3.72. The highest BCUT2D eigenvalue weighted by atomic mass is 14.9. The van der Waals surface area contributed by atoms with Crippen molar-refractivity contribution in [2.45, 2.75) is 32.6 Å². The van der Waals surface area contributed by atoms with Crippen LogP contribution in [0.3, 0.4) is 0 Å². The second-order valence-corrected chi connectivity index (χ2v) is 5.63. The Morgan fingerprint density at radius 3 is 2.47 bits per heavy atom. The lowest BCUT2D eigenvalue weighted by Gasteiger charge is -2.19. The summed E-state index contributed by atoms with van der Waals surface area (Å²) in [5.74, 6) is 0.582. The van der Waals surface area contributed by atoms with Gasteiger partial charge in [-0.15, -0.1) is 0 Å². The maximum absolute atomic E-state index is 3.64. The third kappa shape index (κ3) is 3.01. The lowest BCUT2D eigenvalue weighted by atomic mass is 10.0. The first kappa shape index (κ1) is 12.4. The molecule has 2 nitrogen and oxygen atoms in total. The van der Waals surface area contributed by atoms with Gasteiger partial charge in [0.05, 0.1) is 0 Å². The van der Waals surface area contributed by atoms with Gasteiger partial charge < -0.3 is 10.6 Å². The van der Waals surface area contributed by atoms with E-state index in [1.807, 2.05) is 7.05 Å². The van der Waals surface area contributed by atoms with Crippen LogP contribution in [0.1, 0.15) is 38.2 Å². The molecule has 17 heavy (non-hydrogen) atoms. The van der Waals surface area contributed by atoms with Crippen molar-refractivity contribution in [3.63, 3.8) is 0 Å². The van der Waals surface area contributed by atoms with Gasteiger partial charge in [0.15, 0.2) is 0 Å². The molecule has 2 heteroatoms. The zero-order chi connectivity index (χ0) is 12.3. The predicted molar refractivity (Wildman–Crippen MR) is 74.6 cm³/mol. The van der Waals surface area contributed by atoms with Gasteiger partial charge in [0.25, 0.3) is 0 Å². The lowest BCUT2D eigenvalue weighted by Crippen LogP contribution is -2.27. The smallest absolute Gasteiger partial charge is 0.0375 e. The molecular formula is C15H24N2. The molecule has 1 aliphatic rings. The summed E-state index contributed by atoms with van der Waals surface area (Å²) < 4.78 is 0. The summed E-state index contributed by atoms with van der Waals surface area (Å²) in [6, 6.07) is 8.67. The summed E-state index contributed by atoms with van der Waals surface area (Å²) in [4.78, 5) is 0. The number of hydrogen-bond donors (Lipinski definition) is 2. The maximum Gasteiger partial charge on any atom is 0.0375 e. The van der Waals surface area contributed by atoms with Crippen LogP contribution in [0.4, 0.5) is 5.69 Å². The van der Waals surface area contributed by atoms with Crippen molar-refractivity contribution < 1.29 is 0 Å². The molecule has 2 rings (SSSR count). The van der Waals surface area contributed by atoms with Crippen LogP contribution in [0.5, 0.6) is 0 Å². The van der Waals surface area contributed by atoms with Crippen LogP contribution in [0.2, 0.25) is 0 Å². The molecule has 1 aromatic carbocycles. The molecule has 0 radical (unpaired) electrons. The van der Waals surface area contributed by atoms with Crippen molar-refractivity contribution in [2.24, 2.45) is 5.41 Å². The van der Waals surface area contributed by atoms with Crippen LogP contribution in [0.15, 0.2) is 24.3 Å². The summed E-state index contributed by atoms with van der Waals surface area (Å²) in [6.45, 7) is 6.73. The van der Waals surface area contributed by atoms with E-state index in [-0.39, 0.29) is 0 Å². The van der Waals surface area contributed by atoms with Crippen molar-refractivity contribution in [2.75, 3.05) is 25.5 Å². The van der Waals surface area contributed by atoms with Gasteiger partial charge >= 0.3 is 0 Å². The third-order valence-corrected chi connectivity index (χ3v) is 3.75. The normalized spacial score (nSPS) is 17.2. The molecule has 0 saturated heterocycles. The fourth-order valence-electron chi connectivity index (χ4n) is 2.41. The molecule has 94 valence electrons. The SMILES string of the molecule is CNCC1(CNc2ccccc2C(C)C)CC1. The highest BCUT2D eigenvalue weighted by Gasteiger charge is 2.41. The van der Waals surface area contributed by atoms with E-state index in [1.165, 1.54) is 24.1 Å². The van der Waals surface area contributed by atoms with Gasteiger partial charge in [-0.1, -0.05) is 32.0 Å². The second-order valence-electron chi connectivity index (χ2n) is 5.63. The van der Waals surface area contributed by atoms with Gasteiger partial charge in [-0.2, -0.15) is 0 Å². The lowest BCUT2D eigenvalue weighted by molar-refractivity contribution is 0.507. The maximum atomic E-state index is 3.64. The second kappa shape index (κ2) is 5.09. The molecule has 1 saturated carbocycles. The molecule has 1 aromatic rings. The molecular weight excluding hydrogens is 208 g/mol. The quantitative estimate of drug-likeness (QED) is 0.787. The average Bonchev–Trinajstić information content (AvgIpc) is 3.08. The average molecular weight is 232 g/mol. The zero-order valence-electron chi connectivity index (χ0n) is 11.2. The largest absolute Gasteiger partial charge is 0.384 e. The Balaban J connectivity index is 1.99. The molecule has 0 unspecified atom stereocenters. The fraction of sp³-hybridized carbons (Fsp3) is 0.600. The van der Waals surface area contributed by atoms with Gasteiger partial charge in [-0.3, -0.25) is 0 Å². The number of rotatable bonds is 6. The van der Waals surface area contributed by atoms with E-state index in [0.717, 1.165) is 13.1 Å². The summed E-state index contributed by atoms with van der Waals surface area (Å²) in [7, 11) is 2.04.